The minimum atomic E-state index is 0.721. The molecule has 0 bridgehead atoms. The molecule has 3 aromatic rings. The van der Waals surface area contributed by atoms with E-state index in [-0.39, 0.29) is 0 Å². The van der Waals surface area contributed by atoms with Gasteiger partial charge in [0.15, 0.2) is 5.75 Å². The molecule has 1 aromatic heterocycles. The lowest BCUT2D eigenvalue weighted by molar-refractivity contribution is 0.308. The molecule has 3 rings (SSSR count). The molecule has 0 saturated heterocycles. The van der Waals surface area contributed by atoms with Gasteiger partial charge in [0.2, 0.25) is 0 Å². The van der Waals surface area contributed by atoms with Crippen LogP contribution in [0.15, 0.2) is 60.7 Å². The van der Waals surface area contributed by atoms with E-state index in [0.29, 0.717) is 0 Å². The number of nitrogens with zero attached hydrogens (tertiary/aromatic N) is 2. The van der Waals surface area contributed by atoms with Gasteiger partial charge in [-0.05, 0) is 6.42 Å². The predicted molar refractivity (Wildman–Crippen MR) is 99.1 cm³/mol. The molecular weight excluding hydrogens is 296 g/mol. The standard InChI is InChI=1S/C21H24N2O/c1-3-4-11-16-24-21-19(17-12-7-5-8-13-17)22-23(2)20(21)18-14-9-6-10-15-18/h5-10,12-15H,3-4,11,16H2,1-2H3. The van der Waals surface area contributed by atoms with Crippen molar-refractivity contribution in [2.24, 2.45) is 7.05 Å². The molecule has 24 heavy (non-hydrogen) atoms. The molecule has 124 valence electrons. The monoisotopic (exact) mass is 320 g/mol. The maximum atomic E-state index is 6.22. The molecule has 0 aliphatic carbocycles. The zero-order valence-corrected chi connectivity index (χ0v) is 14.4. The van der Waals surface area contributed by atoms with Gasteiger partial charge in [0.1, 0.15) is 11.4 Å². The normalized spacial score (nSPS) is 10.8. The third kappa shape index (κ3) is 3.51. The second kappa shape index (κ2) is 7.82. The van der Waals surface area contributed by atoms with Gasteiger partial charge >= 0.3 is 0 Å². The summed E-state index contributed by atoms with van der Waals surface area (Å²) in [5.41, 5.74) is 4.15. The fourth-order valence-corrected chi connectivity index (χ4v) is 2.87. The third-order valence-corrected chi connectivity index (χ3v) is 4.09. The van der Waals surface area contributed by atoms with E-state index in [9.17, 15) is 0 Å². The largest absolute Gasteiger partial charge is 0.489 e. The first kappa shape index (κ1) is 16.3. The van der Waals surface area contributed by atoms with Crippen LogP contribution < -0.4 is 4.74 Å². The number of aryl methyl sites for hydroxylation is 1. The highest BCUT2D eigenvalue weighted by atomic mass is 16.5. The molecule has 0 N–H and O–H groups in total. The Labute approximate surface area is 143 Å². The molecule has 0 amide bonds. The quantitative estimate of drug-likeness (QED) is 0.551. The summed E-state index contributed by atoms with van der Waals surface area (Å²) in [6.07, 6.45) is 3.43. The number of ether oxygens (including phenoxy) is 1. The highest BCUT2D eigenvalue weighted by Crippen LogP contribution is 2.38. The molecule has 1 heterocycles. The molecule has 2 aromatic carbocycles. The first-order valence-electron chi connectivity index (χ1n) is 8.62. The second-order valence-electron chi connectivity index (χ2n) is 5.94. The van der Waals surface area contributed by atoms with Gasteiger partial charge in [0.25, 0.3) is 0 Å². The molecular formula is C21H24N2O. The lowest BCUT2D eigenvalue weighted by atomic mass is 10.1. The van der Waals surface area contributed by atoms with E-state index in [0.717, 1.165) is 41.3 Å². The maximum Gasteiger partial charge on any atom is 0.173 e. The van der Waals surface area contributed by atoms with E-state index in [2.05, 4.69) is 31.2 Å². The van der Waals surface area contributed by atoms with Gasteiger partial charge in [-0.15, -0.1) is 0 Å². The van der Waals surface area contributed by atoms with Gasteiger partial charge in [0.05, 0.1) is 6.61 Å². The van der Waals surface area contributed by atoms with Crippen LogP contribution in [-0.4, -0.2) is 16.4 Å². The molecule has 3 heteroatoms. The molecule has 0 saturated carbocycles. The van der Waals surface area contributed by atoms with E-state index >= 15 is 0 Å². The zero-order chi connectivity index (χ0) is 16.8. The summed E-state index contributed by atoms with van der Waals surface area (Å²) < 4.78 is 8.14. The summed E-state index contributed by atoms with van der Waals surface area (Å²) in [4.78, 5) is 0. The van der Waals surface area contributed by atoms with Gasteiger partial charge in [-0.3, -0.25) is 4.68 Å². The van der Waals surface area contributed by atoms with Crippen LogP contribution in [-0.2, 0) is 7.05 Å². The average molecular weight is 320 g/mol. The van der Waals surface area contributed by atoms with Gasteiger partial charge < -0.3 is 4.74 Å². The number of unbranched alkanes of at least 4 members (excludes halogenated alkanes) is 2. The highest BCUT2D eigenvalue weighted by molar-refractivity contribution is 5.78. The van der Waals surface area contributed by atoms with E-state index in [1.165, 1.54) is 12.8 Å². The third-order valence-electron chi connectivity index (χ3n) is 4.09. The number of aromatic nitrogens is 2. The summed E-state index contributed by atoms with van der Waals surface area (Å²) in [5, 5.41) is 4.75. The number of hydrogen-bond donors (Lipinski definition) is 0. The van der Waals surface area contributed by atoms with E-state index in [1.807, 2.05) is 48.1 Å². The highest BCUT2D eigenvalue weighted by Gasteiger charge is 2.20. The summed E-state index contributed by atoms with van der Waals surface area (Å²) >= 11 is 0. The van der Waals surface area contributed by atoms with Crippen LogP contribution >= 0.6 is 0 Å². The van der Waals surface area contributed by atoms with Crippen LogP contribution in [0, 0.1) is 0 Å². The van der Waals surface area contributed by atoms with Crippen molar-refractivity contribution in [2.75, 3.05) is 6.61 Å². The molecule has 0 aliphatic rings. The van der Waals surface area contributed by atoms with Crippen molar-refractivity contribution in [3.63, 3.8) is 0 Å². The van der Waals surface area contributed by atoms with Crippen LogP contribution in [0.1, 0.15) is 26.2 Å². The smallest absolute Gasteiger partial charge is 0.173 e. The molecule has 0 fully saturated rings. The Hall–Kier alpha value is -2.55. The van der Waals surface area contributed by atoms with Crippen LogP contribution in [0.2, 0.25) is 0 Å². The SMILES string of the molecule is CCCCCOc1c(-c2ccccc2)nn(C)c1-c1ccccc1. The van der Waals surface area contributed by atoms with Crippen molar-refractivity contribution < 1.29 is 4.74 Å². The summed E-state index contributed by atoms with van der Waals surface area (Å²) in [6.45, 7) is 2.92. The first-order chi connectivity index (χ1) is 11.8. The predicted octanol–water partition coefficient (Wildman–Crippen LogP) is 5.32. The van der Waals surface area contributed by atoms with Crippen molar-refractivity contribution in [3.8, 4) is 28.3 Å². The van der Waals surface area contributed by atoms with Crippen molar-refractivity contribution in [1.82, 2.24) is 9.78 Å². The summed E-state index contributed by atoms with van der Waals surface area (Å²) in [6, 6.07) is 20.6. The second-order valence-corrected chi connectivity index (χ2v) is 5.94. The van der Waals surface area contributed by atoms with Gasteiger partial charge in [-0.25, -0.2) is 0 Å². The lowest BCUT2D eigenvalue weighted by Gasteiger charge is -2.10. The Morgan fingerprint density at radius 2 is 1.50 bits per heavy atom. The first-order valence-corrected chi connectivity index (χ1v) is 8.62. The minimum Gasteiger partial charge on any atom is -0.489 e. The number of rotatable bonds is 7. The average Bonchev–Trinajstić information content (AvgIpc) is 2.96. The fraction of sp³-hybridized carbons (Fsp3) is 0.286. The van der Waals surface area contributed by atoms with Gasteiger partial charge in [-0.2, -0.15) is 5.10 Å². The Morgan fingerprint density at radius 3 is 2.12 bits per heavy atom. The van der Waals surface area contributed by atoms with Crippen molar-refractivity contribution in [2.45, 2.75) is 26.2 Å². The minimum absolute atomic E-state index is 0.721. The van der Waals surface area contributed by atoms with Crippen LogP contribution in [0.4, 0.5) is 0 Å². The number of hydrogen-bond acceptors (Lipinski definition) is 2. The van der Waals surface area contributed by atoms with E-state index in [1.54, 1.807) is 0 Å². The molecule has 0 atom stereocenters. The zero-order valence-electron chi connectivity index (χ0n) is 14.4. The van der Waals surface area contributed by atoms with Crippen molar-refractivity contribution >= 4 is 0 Å². The van der Waals surface area contributed by atoms with E-state index < -0.39 is 0 Å². The lowest BCUT2D eigenvalue weighted by Crippen LogP contribution is -2.00. The van der Waals surface area contributed by atoms with Crippen LogP contribution in [0.5, 0.6) is 5.75 Å². The molecule has 0 aliphatic heterocycles. The molecule has 0 radical (unpaired) electrons. The summed E-state index contributed by atoms with van der Waals surface area (Å²) in [5.74, 6) is 0.881. The number of benzene rings is 2. The molecule has 3 nitrogen and oxygen atoms in total. The Morgan fingerprint density at radius 1 is 0.875 bits per heavy atom. The van der Waals surface area contributed by atoms with Gasteiger partial charge in [-0.1, -0.05) is 80.4 Å². The Balaban J connectivity index is 2.03. The maximum absolute atomic E-state index is 6.22. The topological polar surface area (TPSA) is 27.1 Å². The fourth-order valence-electron chi connectivity index (χ4n) is 2.87. The van der Waals surface area contributed by atoms with Gasteiger partial charge in [0, 0.05) is 18.2 Å². The Bertz CT molecular complexity index is 763. The van der Waals surface area contributed by atoms with Crippen molar-refractivity contribution in [3.05, 3.63) is 60.7 Å². The van der Waals surface area contributed by atoms with Crippen molar-refractivity contribution in [1.29, 1.82) is 0 Å². The van der Waals surface area contributed by atoms with Crippen LogP contribution in [0.3, 0.4) is 0 Å². The molecule has 0 unspecified atom stereocenters. The Kier molecular flexibility index (Phi) is 5.32. The molecule has 0 spiro atoms. The summed E-state index contributed by atoms with van der Waals surface area (Å²) in [7, 11) is 1.98. The van der Waals surface area contributed by atoms with Crippen LogP contribution in [0.25, 0.3) is 22.5 Å². The van der Waals surface area contributed by atoms with E-state index in [4.69, 9.17) is 9.84 Å².